The molecule has 0 aliphatic carbocycles. The van der Waals surface area contributed by atoms with Gasteiger partial charge >= 0.3 is 18.6 Å². The van der Waals surface area contributed by atoms with E-state index in [-0.39, 0.29) is 28.0 Å². The van der Waals surface area contributed by atoms with Crippen LogP contribution < -0.4 is 19.9 Å². The van der Waals surface area contributed by atoms with Gasteiger partial charge in [-0.3, -0.25) is 9.69 Å². The summed E-state index contributed by atoms with van der Waals surface area (Å²) in [6.45, 7) is 0. The SMILES string of the molecule is CN(C)c1ccc(C(F)(F)F)c(N2C(=O)CS/C2=N\C(=O)Nc2ccc(-c3ncn(-c4ccc(OC(F)(F)F)cc4)n3)cc2F)c1. The molecule has 0 unspecified atom stereocenters. The highest BCUT2D eigenvalue weighted by atomic mass is 32.2. The number of ether oxygens (including phenoxy) is 1. The summed E-state index contributed by atoms with van der Waals surface area (Å²) in [6, 6.07) is 10.4. The summed E-state index contributed by atoms with van der Waals surface area (Å²) in [5.74, 6) is -2.32. The zero-order chi connectivity index (χ0) is 33.4. The maximum absolute atomic E-state index is 15.0. The van der Waals surface area contributed by atoms with Gasteiger partial charge in [0.25, 0.3) is 0 Å². The monoisotopic (exact) mass is 667 g/mol. The molecule has 46 heavy (non-hydrogen) atoms. The summed E-state index contributed by atoms with van der Waals surface area (Å²) in [5, 5.41) is 6.07. The van der Waals surface area contributed by atoms with Gasteiger partial charge in [0.15, 0.2) is 11.0 Å². The van der Waals surface area contributed by atoms with Crippen molar-refractivity contribution in [2.75, 3.05) is 35.0 Å². The number of nitrogens with one attached hydrogen (secondary N) is 1. The topological polar surface area (TPSA) is 105 Å². The fourth-order valence-electron chi connectivity index (χ4n) is 4.21. The second kappa shape index (κ2) is 12.3. The van der Waals surface area contributed by atoms with Crippen LogP contribution in [0.15, 0.2) is 72.0 Å². The quantitative estimate of drug-likeness (QED) is 0.228. The number of benzene rings is 3. The molecule has 240 valence electrons. The standard InChI is InChI=1S/C28H20F7N7O3S/c1-40(2)17-6-9-19(27(30,31)32)22(12-17)42-23(43)13-46-26(42)38-25(44)37-21-10-3-15(11-20(21)29)24-36-14-41(39-24)16-4-7-18(8-5-16)45-28(33,34)35/h3-12,14H,13H2,1-2H3,(H,37,44)/b38-26-. The van der Waals surface area contributed by atoms with Crippen molar-refractivity contribution in [1.82, 2.24) is 14.8 Å². The molecule has 4 aromatic rings. The third kappa shape index (κ3) is 7.22. The molecule has 1 aliphatic heterocycles. The number of amidine groups is 1. The number of thioether (sulfide) groups is 1. The van der Waals surface area contributed by atoms with Crippen LogP contribution in [-0.4, -0.2) is 58.1 Å². The fourth-order valence-corrected chi connectivity index (χ4v) is 5.07. The van der Waals surface area contributed by atoms with Crippen LogP contribution >= 0.6 is 11.8 Å². The van der Waals surface area contributed by atoms with Gasteiger partial charge < -0.3 is 15.0 Å². The molecule has 2 heterocycles. The lowest BCUT2D eigenvalue weighted by Gasteiger charge is -2.23. The van der Waals surface area contributed by atoms with Crippen molar-refractivity contribution in [1.29, 1.82) is 0 Å². The number of carbonyl (C=O) groups excluding carboxylic acids is 2. The van der Waals surface area contributed by atoms with Gasteiger partial charge in [-0.15, -0.1) is 18.3 Å². The highest BCUT2D eigenvalue weighted by molar-refractivity contribution is 8.15. The van der Waals surface area contributed by atoms with E-state index >= 15 is 0 Å². The molecular formula is C28H20F7N7O3S. The maximum atomic E-state index is 15.0. The van der Waals surface area contributed by atoms with Gasteiger partial charge in [-0.2, -0.15) is 18.2 Å². The Labute approximate surface area is 259 Å². The van der Waals surface area contributed by atoms with Crippen LogP contribution in [0.3, 0.4) is 0 Å². The number of alkyl halides is 6. The lowest BCUT2D eigenvalue weighted by Crippen LogP contribution is -2.32. The Morgan fingerprint density at radius 2 is 1.74 bits per heavy atom. The third-order valence-electron chi connectivity index (χ3n) is 6.30. The molecule has 0 saturated carbocycles. The van der Waals surface area contributed by atoms with E-state index in [1.807, 2.05) is 0 Å². The molecule has 1 fully saturated rings. The molecule has 1 saturated heterocycles. The zero-order valence-electron chi connectivity index (χ0n) is 23.5. The van der Waals surface area contributed by atoms with Crippen LogP contribution in [0.4, 0.5) is 52.6 Å². The van der Waals surface area contributed by atoms with Crippen molar-refractivity contribution < 1.29 is 45.1 Å². The van der Waals surface area contributed by atoms with E-state index in [1.165, 1.54) is 41.3 Å². The van der Waals surface area contributed by atoms with Crippen molar-refractivity contribution in [2.24, 2.45) is 4.99 Å². The summed E-state index contributed by atoms with van der Waals surface area (Å²) in [5.41, 5.74) is -1.05. The van der Waals surface area contributed by atoms with Crippen LogP contribution in [0.2, 0.25) is 0 Å². The lowest BCUT2D eigenvalue weighted by atomic mass is 10.1. The van der Waals surface area contributed by atoms with Gasteiger partial charge in [-0.25, -0.2) is 18.9 Å². The first-order chi connectivity index (χ1) is 21.6. The molecule has 18 heteroatoms. The molecule has 3 amide bonds. The Hall–Kier alpha value is -5.13. The number of halogens is 7. The van der Waals surface area contributed by atoms with Crippen molar-refractivity contribution in [3.8, 4) is 22.8 Å². The minimum absolute atomic E-state index is 0.0459. The summed E-state index contributed by atoms with van der Waals surface area (Å²) in [4.78, 5) is 35.5. The summed E-state index contributed by atoms with van der Waals surface area (Å²) < 4.78 is 98.7. The van der Waals surface area contributed by atoms with E-state index in [4.69, 9.17) is 0 Å². The third-order valence-corrected chi connectivity index (χ3v) is 7.23. The second-order valence-corrected chi connectivity index (χ2v) is 10.6. The van der Waals surface area contributed by atoms with Crippen LogP contribution in [0.25, 0.3) is 17.1 Å². The van der Waals surface area contributed by atoms with Crippen molar-refractivity contribution in [3.05, 3.63) is 78.4 Å². The lowest BCUT2D eigenvalue weighted by molar-refractivity contribution is -0.274. The number of nitrogens with zero attached hydrogens (tertiary/aromatic N) is 6. The first-order valence-corrected chi connectivity index (χ1v) is 13.9. The normalized spacial score (nSPS) is 14.6. The highest BCUT2D eigenvalue weighted by Gasteiger charge is 2.40. The van der Waals surface area contributed by atoms with E-state index in [1.54, 1.807) is 19.0 Å². The minimum atomic E-state index is -4.85. The summed E-state index contributed by atoms with van der Waals surface area (Å²) in [6.07, 6.45) is -8.41. The molecule has 0 spiro atoms. The van der Waals surface area contributed by atoms with Gasteiger partial charge in [-0.05, 0) is 60.7 Å². The Morgan fingerprint density at radius 1 is 1.02 bits per heavy atom. The molecule has 0 bridgehead atoms. The van der Waals surface area contributed by atoms with E-state index in [9.17, 15) is 40.3 Å². The molecule has 1 N–H and O–H groups in total. The number of hydrogen-bond donors (Lipinski definition) is 1. The zero-order valence-corrected chi connectivity index (χ0v) is 24.3. The number of anilines is 3. The maximum Gasteiger partial charge on any atom is 0.573 e. The van der Waals surface area contributed by atoms with E-state index < -0.39 is 47.3 Å². The number of urea groups is 1. The summed E-state index contributed by atoms with van der Waals surface area (Å²) in [7, 11) is 3.21. The summed E-state index contributed by atoms with van der Waals surface area (Å²) >= 11 is 0.748. The van der Waals surface area contributed by atoms with Gasteiger partial charge in [0, 0.05) is 25.3 Å². The molecule has 5 rings (SSSR count). The molecule has 1 aromatic heterocycles. The number of hydrogen-bond acceptors (Lipinski definition) is 7. The number of aliphatic imine (C=N–C) groups is 1. The Kier molecular flexibility index (Phi) is 8.66. The van der Waals surface area contributed by atoms with Crippen molar-refractivity contribution in [3.63, 3.8) is 0 Å². The minimum Gasteiger partial charge on any atom is -0.406 e. The number of aromatic nitrogens is 3. The fraction of sp³-hybridized carbons (Fsp3) is 0.179. The van der Waals surface area contributed by atoms with E-state index in [0.717, 1.165) is 42.1 Å². The number of carbonyl (C=O) groups is 2. The molecule has 0 radical (unpaired) electrons. The predicted octanol–water partition coefficient (Wildman–Crippen LogP) is 6.72. The Morgan fingerprint density at radius 3 is 2.37 bits per heavy atom. The van der Waals surface area contributed by atoms with Crippen LogP contribution in [-0.2, 0) is 11.0 Å². The molecular weight excluding hydrogens is 647 g/mol. The second-order valence-electron chi connectivity index (χ2n) is 9.69. The number of rotatable bonds is 6. The van der Waals surface area contributed by atoms with E-state index in [0.29, 0.717) is 16.3 Å². The van der Waals surface area contributed by atoms with Crippen molar-refractivity contribution >= 4 is 45.9 Å². The largest absolute Gasteiger partial charge is 0.573 e. The van der Waals surface area contributed by atoms with Crippen molar-refractivity contribution in [2.45, 2.75) is 12.5 Å². The average Bonchev–Trinajstić information content (AvgIpc) is 3.60. The Bertz CT molecular complexity index is 1820. The van der Waals surface area contributed by atoms with Crippen LogP contribution in [0, 0.1) is 5.82 Å². The number of amides is 3. The molecule has 3 aromatic carbocycles. The predicted molar refractivity (Wildman–Crippen MR) is 156 cm³/mol. The van der Waals surface area contributed by atoms with Crippen LogP contribution in [0.5, 0.6) is 5.75 Å². The van der Waals surface area contributed by atoms with Gasteiger partial charge in [-0.1, -0.05) is 11.8 Å². The Balaban J connectivity index is 1.33. The smallest absolute Gasteiger partial charge is 0.406 e. The van der Waals surface area contributed by atoms with Gasteiger partial charge in [0.05, 0.1) is 28.4 Å². The molecule has 10 nitrogen and oxygen atoms in total. The van der Waals surface area contributed by atoms with Crippen LogP contribution in [0.1, 0.15) is 5.56 Å². The first-order valence-electron chi connectivity index (χ1n) is 12.9. The highest BCUT2D eigenvalue weighted by Crippen LogP contribution is 2.41. The average molecular weight is 668 g/mol. The van der Waals surface area contributed by atoms with Gasteiger partial charge in [0.1, 0.15) is 17.9 Å². The van der Waals surface area contributed by atoms with E-state index in [2.05, 4.69) is 25.1 Å². The first kappa shape index (κ1) is 32.3. The molecule has 1 aliphatic rings. The molecule has 0 atom stereocenters. The van der Waals surface area contributed by atoms with Gasteiger partial charge in [0.2, 0.25) is 5.91 Å².